The van der Waals surface area contributed by atoms with Crippen molar-refractivity contribution in [2.24, 2.45) is 0 Å². The van der Waals surface area contributed by atoms with Gasteiger partial charge in [0.1, 0.15) is 26.2 Å². The molecule has 3 heterocycles. The highest BCUT2D eigenvalue weighted by Gasteiger charge is 2.47. The molecule has 2 aromatic rings. The van der Waals surface area contributed by atoms with Crippen LogP contribution in [0.1, 0.15) is 12.0 Å². The van der Waals surface area contributed by atoms with E-state index in [1.807, 2.05) is 31.3 Å². The average molecular weight is 387 g/mol. The van der Waals surface area contributed by atoms with Crippen LogP contribution < -0.4 is 19.7 Å². The highest BCUT2D eigenvalue weighted by molar-refractivity contribution is 6.32. The Labute approximate surface area is 163 Å². The van der Waals surface area contributed by atoms with Gasteiger partial charge in [-0.05, 0) is 30.7 Å². The number of hydrogen-bond acceptors (Lipinski definition) is 3. The quantitative estimate of drug-likeness (QED) is 0.781. The summed E-state index contributed by atoms with van der Waals surface area (Å²) in [5, 5.41) is 0.566. The Morgan fingerprint density at radius 2 is 1.93 bits per heavy atom. The van der Waals surface area contributed by atoms with Gasteiger partial charge in [-0.3, -0.25) is 14.5 Å². The molecule has 2 aliphatic heterocycles. The van der Waals surface area contributed by atoms with Gasteiger partial charge in [0.25, 0.3) is 11.7 Å². The number of amides is 2. The number of carbonyl (C=O) groups is 2. The number of carbonyl (C=O) groups excluding carboxylic acids is 2. The number of quaternary nitrogens is 1. The lowest BCUT2D eigenvalue weighted by atomic mass is 10.1. The molecule has 7 heteroatoms. The van der Waals surface area contributed by atoms with E-state index in [9.17, 15) is 9.59 Å². The molecule has 27 heavy (non-hydrogen) atoms. The molecule has 0 unspecified atom stereocenters. The lowest BCUT2D eigenvalue weighted by molar-refractivity contribution is -0.915. The van der Waals surface area contributed by atoms with Crippen molar-refractivity contribution in [2.45, 2.75) is 19.4 Å². The smallest absolute Gasteiger partial charge is 0.292 e. The first-order chi connectivity index (χ1) is 13.0. The maximum Gasteiger partial charge on any atom is 0.292 e. The number of aryl methyl sites for hydroxylation is 1. The van der Waals surface area contributed by atoms with Gasteiger partial charge >= 0.3 is 0 Å². The number of benzene rings is 1. The van der Waals surface area contributed by atoms with Gasteiger partial charge in [0.05, 0.1) is 18.3 Å². The lowest BCUT2D eigenvalue weighted by Crippen LogP contribution is -3.19. The Morgan fingerprint density at radius 1 is 1.15 bits per heavy atom. The summed E-state index contributed by atoms with van der Waals surface area (Å²) in [4.78, 5) is 33.6. The van der Waals surface area contributed by atoms with Crippen molar-refractivity contribution in [3.05, 3.63) is 53.2 Å². The van der Waals surface area contributed by atoms with Gasteiger partial charge in [0, 0.05) is 11.1 Å². The molecular formula is C20H23ClN4O2+2. The molecule has 6 nitrogen and oxygen atoms in total. The molecule has 1 atom stereocenters. The van der Waals surface area contributed by atoms with Gasteiger partial charge in [-0.25, -0.2) is 9.88 Å². The predicted molar refractivity (Wildman–Crippen MR) is 103 cm³/mol. The van der Waals surface area contributed by atoms with Crippen LogP contribution in [0.15, 0.2) is 42.6 Å². The second-order valence-corrected chi connectivity index (χ2v) is 7.56. The van der Waals surface area contributed by atoms with E-state index in [-0.39, 0.29) is 24.3 Å². The number of imide groups is 1. The Hall–Kier alpha value is -2.44. The zero-order chi connectivity index (χ0) is 19.0. The van der Waals surface area contributed by atoms with Crippen molar-refractivity contribution < 1.29 is 19.5 Å². The maximum absolute atomic E-state index is 13.0. The third-order valence-electron chi connectivity index (χ3n) is 5.49. The summed E-state index contributed by atoms with van der Waals surface area (Å²) in [7, 11) is 0. The molecule has 1 aromatic heterocycles. The Balaban J connectivity index is 1.45. The fraction of sp³-hybridized carbons (Fsp3) is 0.350. The van der Waals surface area contributed by atoms with Crippen LogP contribution in [-0.2, 0) is 9.59 Å². The van der Waals surface area contributed by atoms with Crippen LogP contribution in [0.3, 0.4) is 0 Å². The van der Waals surface area contributed by atoms with Crippen LogP contribution >= 0.6 is 11.6 Å². The predicted octanol–water partition coefficient (Wildman–Crippen LogP) is 0.500. The van der Waals surface area contributed by atoms with E-state index in [0.29, 0.717) is 10.7 Å². The second-order valence-electron chi connectivity index (χ2n) is 7.15. The van der Waals surface area contributed by atoms with Gasteiger partial charge in [-0.1, -0.05) is 23.7 Å². The van der Waals surface area contributed by atoms with E-state index in [2.05, 4.69) is 16.0 Å². The van der Waals surface area contributed by atoms with E-state index in [1.165, 1.54) is 9.80 Å². The maximum atomic E-state index is 13.0. The fourth-order valence-electron chi connectivity index (χ4n) is 3.91. The molecule has 4 rings (SSSR count). The van der Waals surface area contributed by atoms with Crippen molar-refractivity contribution in [1.29, 1.82) is 0 Å². The summed E-state index contributed by atoms with van der Waals surface area (Å²) < 4.78 is 0. The minimum Gasteiger partial charge on any atom is -0.318 e. The number of aromatic amines is 1. The number of hydrogen-bond donors (Lipinski definition) is 1. The van der Waals surface area contributed by atoms with Crippen molar-refractivity contribution >= 4 is 34.9 Å². The van der Waals surface area contributed by atoms with Crippen molar-refractivity contribution in [2.75, 3.05) is 36.0 Å². The highest BCUT2D eigenvalue weighted by Crippen LogP contribution is 2.27. The number of rotatable bonds is 3. The number of nitrogens with zero attached hydrogens (tertiary/aromatic N) is 2. The summed E-state index contributed by atoms with van der Waals surface area (Å²) in [6, 6.07) is 11.0. The van der Waals surface area contributed by atoms with Crippen LogP contribution in [-0.4, -0.2) is 44.0 Å². The summed E-state index contributed by atoms with van der Waals surface area (Å²) in [5.74, 6) is 0.826. The van der Waals surface area contributed by atoms with Gasteiger partial charge < -0.3 is 4.90 Å². The number of anilines is 2. The molecule has 0 aliphatic carbocycles. The Kier molecular flexibility index (Phi) is 4.85. The summed E-state index contributed by atoms with van der Waals surface area (Å²) >= 11 is 6.18. The fourth-order valence-corrected chi connectivity index (χ4v) is 4.08. The third-order valence-corrected chi connectivity index (χ3v) is 5.90. The molecule has 2 N–H and O–H groups in total. The van der Waals surface area contributed by atoms with Crippen molar-refractivity contribution in [3.63, 3.8) is 0 Å². The second kappa shape index (κ2) is 7.29. The summed E-state index contributed by atoms with van der Waals surface area (Å²) in [6.45, 7) is 5.26. The zero-order valence-electron chi connectivity index (χ0n) is 15.2. The molecular weight excluding hydrogens is 364 g/mol. The van der Waals surface area contributed by atoms with Gasteiger partial charge in [-0.2, -0.15) is 0 Å². The largest absolute Gasteiger partial charge is 0.318 e. The first kappa shape index (κ1) is 17.9. The molecule has 2 amide bonds. The normalized spacial score (nSPS) is 21.2. The minimum atomic E-state index is -0.306. The third kappa shape index (κ3) is 3.42. The molecule has 0 radical (unpaired) electrons. The van der Waals surface area contributed by atoms with E-state index in [0.717, 1.165) is 37.6 Å². The Bertz CT molecular complexity index is 866. The van der Waals surface area contributed by atoms with Gasteiger partial charge in [-0.15, -0.1) is 0 Å². The number of pyridine rings is 1. The summed E-state index contributed by atoms with van der Waals surface area (Å²) in [5.41, 5.74) is 1.50. The molecule has 1 aromatic carbocycles. The molecule has 2 aliphatic rings. The molecule has 2 saturated heterocycles. The topological polar surface area (TPSA) is 59.2 Å². The highest BCUT2D eigenvalue weighted by atomic mass is 35.5. The summed E-state index contributed by atoms with van der Waals surface area (Å²) in [6.07, 6.45) is 2.18. The van der Waals surface area contributed by atoms with E-state index in [1.54, 1.807) is 12.1 Å². The molecule has 0 spiro atoms. The number of halogens is 1. The van der Waals surface area contributed by atoms with E-state index >= 15 is 0 Å². The van der Waals surface area contributed by atoms with E-state index < -0.39 is 0 Å². The lowest BCUT2D eigenvalue weighted by Gasteiger charge is -2.31. The molecule has 0 saturated carbocycles. The van der Waals surface area contributed by atoms with Gasteiger partial charge in [0.2, 0.25) is 5.91 Å². The number of aromatic nitrogens is 1. The zero-order valence-corrected chi connectivity index (χ0v) is 16.0. The SMILES string of the molecule is Cc1ccc(N2C(=O)C[C@H]([NH+]3CCN(c4cccc[nH+]4)CC3)C2=O)cc1Cl. The van der Waals surface area contributed by atoms with Crippen LogP contribution in [0.4, 0.5) is 11.5 Å². The number of nitrogens with one attached hydrogen (secondary N) is 2. The monoisotopic (exact) mass is 386 g/mol. The van der Waals surface area contributed by atoms with Crippen LogP contribution in [0.5, 0.6) is 0 Å². The van der Waals surface area contributed by atoms with Crippen LogP contribution in [0.25, 0.3) is 0 Å². The van der Waals surface area contributed by atoms with E-state index in [4.69, 9.17) is 11.6 Å². The average Bonchev–Trinajstić information content (AvgIpc) is 2.99. The van der Waals surface area contributed by atoms with Gasteiger partial charge in [0.15, 0.2) is 6.04 Å². The van der Waals surface area contributed by atoms with Crippen LogP contribution in [0, 0.1) is 6.92 Å². The molecule has 0 bridgehead atoms. The number of H-pyrrole nitrogens is 1. The van der Waals surface area contributed by atoms with Crippen LogP contribution in [0.2, 0.25) is 5.02 Å². The van der Waals surface area contributed by atoms with Crippen molar-refractivity contribution in [1.82, 2.24) is 0 Å². The first-order valence-corrected chi connectivity index (χ1v) is 9.61. The molecule has 140 valence electrons. The molecule has 2 fully saturated rings. The van der Waals surface area contributed by atoms with Crippen molar-refractivity contribution in [3.8, 4) is 0 Å². The minimum absolute atomic E-state index is 0.116. The standard InChI is InChI=1S/C20H21ClN4O2/c1-14-5-6-15(12-16(14)21)25-19(26)13-17(20(25)27)23-8-10-24(11-9-23)18-4-2-3-7-22-18/h2-7,12,17H,8-11,13H2,1H3/p+2/t17-/m0/s1. The Morgan fingerprint density at radius 3 is 2.59 bits per heavy atom. The first-order valence-electron chi connectivity index (χ1n) is 9.24. The number of piperazine rings is 1.